The van der Waals surface area contributed by atoms with E-state index < -0.39 is 5.97 Å². The van der Waals surface area contributed by atoms with E-state index in [-0.39, 0.29) is 12.2 Å². The summed E-state index contributed by atoms with van der Waals surface area (Å²) < 4.78 is 5.51. The Kier molecular flexibility index (Phi) is 3.85. The lowest BCUT2D eigenvalue weighted by Crippen LogP contribution is -2.22. The molecular formula is C14H10ClO3-. The van der Waals surface area contributed by atoms with Crippen LogP contribution in [0, 0.1) is 0 Å². The number of carboxylic acid groups (broad SMARTS) is 1. The highest BCUT2D eigenvalue weighted by molar-refractivity contribution is 6.32. The van der Waals surface area contributed by atoms with E-state index in [0.717, 1.165) is 5.56 Å². The standard InChI is InChI=1S/C14H11ClO3/c15-12-6-1-2-7-13(12)18-9-10-4-3-5-11(8-10)14(16)17/h1-8H,9H2,(H,16,17)/p-1. The Morgan fingerprint density at radius 1 is 1.17 bits per heavy atom. The van der Waals surface area contributed by atoms with Crippen molar-refractivity contribution in [3.05, 3.63) is 64.7 Å². The smallest absolute Gasteiger partial charge is 0.138 e. The molecular weight excluding hydrogens is 252 g/mol. The zero-order valence-corrected chi connectivity index (χ0v) is 10.2. The normalized spacial score (nSPS) is 10.1. The van der Waals surface area contributed by atoms with Crippen LogP contribution in [0.15, 0.2) is 48.5 Å². The fourth-order valence-corrected chi connectivity index (χ4v) is 1.70. The number of benzene rings is 2. The molecule has 92 valence electrons. The molecule has 0 bridgehead atoms. The van der Waals surface area contributed by atoms with Crippen LogP contribution in [0.3, 0.4) is 0 Å². The van der Waals surface area contributed by atoms with Gasteiger partial charge >= 0.3 is 0 Å². The molecule has 0 saturated heterocycles. The van der Waals surface area contributed by atoms with Gasteiger partial charge in [-0.3, -0.25) is 0 Å². The van der Waals surface area contributed by atoms with Crippen molar-refractivity contribution in [2.45, 2.75) is 6.61 Å². The van der Waals surface area contributed by atoms with Gasteiger partial charge in [-0.25, -0.2) is 0 Å². The van der Waals surface area contributed by atoms with Gasteiger partial charge in [-0.05, 0) is 29.3 Å². The molecule has 0 heterocycles. The summed E-state index contributed by atoms with van der Waals surface area (Å²) in [6, 6.07) is 13.5. The van der Waals surface area contributed by atoms with Crippen LogP contribution in [0.25, 0.3) is 0 Å². The largest absolute Gasteiger partial charge is 0.545 e. The highest BCUT2D eigenvalue weighted by atomic mass is 35.5. The maximum absolute atomic E-state index is 10.7. The first-order chi connectivity index (χ1) is 8.66. The average Bonchev–Trinajstić information content (AvgIpc) is 2.38. The molecule has 3 nitrogen and oxygen atoms in total. The Balaban J connectivity index is 2.09. The van der Waals surface area contributed by atoms with Crippen LogP contribution in [0.4, 0.5) is 0 Å². The molecule has 0 amide bonds. The maximum atomic E-state index is 10.7. The monoisotopic (exact) mass is 261 g/mol. The van der Waals surface area contributed by atoms with Crippen LogP contribution >= 0.6 is 11.6 Å². The average molecular weight is 262 g/mol. The third-order valence-electron chi connectivity index (χ3n) is 2.39. The van der Waals surface area contributed by atoms with Gasteiger partial charge in [0.2, 0.25) is 0 Å². The molecule has 0 aromatic heterocycles. The highest BCUT2D eigenvalue weighted by Gasteiger charge is 2.01. The lowest BCUT2D eigenvalue weighted by molar-refractivity contribution is -0.255. The van der Waals surface area contributed by atoms with Gasteiger partial charge in [0.05, 0.1) is 11.0 Å². The molecule has 0 aliphatic carbocycles. The van der Waals surface area contributed by atoms with Gasteiger partial charge in [-0.15, -0.1) is 0 Å². The molecule has 18 heavy (non-hydrogen) atoms. The first kappa shape index (κ1) is 12.5. The fraction of sp³-hybridized carbons (Fsp3) is 0.0714. The highest BCUT2D eigenvalue weighted by Crippen LogP contribution is 2.24. The van der Waals surface area contributed by atoms with E-state index >= 15 is 0 Å². The Bertz CT molecular complexity index is 566. The first-order valence-corrected chi connectivity index (χ1v) is 5.72. The van der Waals surface area contributed by atoms with E-state index in [1.807, 2.05) is 12.1 Å². The van der Waals surface area contributed by atoms with Crippen molar-refractivity contribution in [2.75, 3.05) is 0 Å². The molecule has 0 fully saturated rings. The number of carboxylic acids is 1. The van der Waals surface area contributed by atoms with Gasteiger partial charge in [-0.1, -0.05) is 41.9 Å². The predicted octanol–water partition coefficient (Wildman–Crippen LogP) is 2.28. The maximum Gasteiger partial charge on any atom is 0.138 e. The zero-order chi connectivity index (χ0) is 13.0. The summed E-state index contributed by atoms with van der Waals surface area (Å²) in [6.45, 7) is 0.255. The van der Waals surface area contributed by atoms with E-state index in [2.05, 4.69) is 0 Å². The van der Waals surface area contributed by atoms with Crippen molar-refractivity contribution < 1.29 is 14.6 Å². The van der Waals surface area contributed by atoms with Crippen molar-refractivity contribution in [1.82, 2.24) is 0 Å². The zero-order valence-electron chi connectivity index (χ0n) is 9.43. The Labute approximate surface area is 110 Å². The molecule has 0 spiro atoms. The first-order valence-electron chi connectivity index (χ1n) is 5.34. The van der Waals surface area contributed by atoms with E-state index in [1.54, 1.807) is 24.3 Å². The number of hydrogen-bond donors (Lipinski definition) is 0. The van der Waals surface area contributed by atoms with Gasteiger partial charge < -0.3 is 14.6 Å². The Morgan fingerprint density at radius 2 is 1.94 bits per heavy atom. The minimum Gasteiger partial charge on any atom is -0.545 e. The number of ether oxygens (including phenoxy) is 1. The van der Waals surface area contributed by atoms with Crippen LogP contribution in [0.1, 0.15) is 15.9 Å². The topological polar surface area (TPSA) is 49.4 Å². The molecule has 0 radical (unpaired) electrons. The second-order valence-corrected chi connectivity index (χ2v) is 4.11. The number of aromatic carboxylic acids is 1. The summed E-state index contributed by atoms with van der Waals surface area (Å²) in [7, 11) is 0. The summed E-state index contributed by atoms with van der Waals surface area (Å²) in [5.41, 5.74) is 0.881. The number of carbonyl (C=O) groups excluding carboxylic acids is 1. The summed E-state index contributed by atoms with van der Waals surface area (Å²) in [4.78, 5) is 10.7. The van der Waals surface area contributed by atoms with E-state index in [4.69, 9.17) is 16.3 Å². The van der Waals surface area contributed by atoms with Crippen molar-refractivity contribution in [2.24, 2.45) is 0 Å². The van der Waals surface area contributed by atoms with Gasteiger partial charge in [0, 0.05) is 0 Å². The number of hydrogen-bond acceptors (Lipinski definition) is 3. The SMILES string of the molecule is O=C([O-])c1cccc(COc2ccccc2Cl)c1. The van der Waals surface area contributed by atoms with E-state index in [1.165, 1.54) is 12.1 Å². The summed E-state index contributed by atoms with van der Waals surface area (Å²) in [6.07, 6.45) is 0. The van der Waals surface area contributed by atoms with Crippen molar-refractivity contribution in [3.63, 3.8) is 0 Å². The lowest BCUT2D eigenvalue weighted by Gasteiger charge is -2.09. The Hall–Kier alpha value is -2.00. The second-order valence-electron chi connectivity index (χ2n) is 3.71. The minimum atomic E-state index is -1.20. The quantitative estimate of drug-likeness (QED) is 0.848. The molecule has 2 aromatic rings. The van der Waals surface area contributed by atoms with Gasteiger partial charge in [0.15, 0.2) is 0 Å². The number of halogens is 1. The predicted molar refractivity (Wildman–Crippen MR) is 66.6 cm³/mol. The van der Waals surface area contributed by atoms with Gasteiger partial charge in [0.25, 0.3) is 0 Å². The third-order valence-corrected chi connectivity index (χ3v) is 2.71. The molecule has 0 unspecified atom stereocenters. The van der Waals surface area contributed by atoms with Crippen LogP contribution in [0.5, 0.6) is 5.75 Å². The second kappa shape index (κ2) is 5.56. The van der Waals surface area contributed by atoms with Crippen molar-refractivity contribution >= 4 is 17.6 Å². The van der Waals surface area contributed by atoms with Crippen LogP contribution < -0.4 is 9.84 Å². The van der Waals surface area contributed by atoms with Crippen molar-refractivity contribution in [1.29, 1.82) is 0 Å². The fourth-order valence-electron chi connectivity index (χ4n) is 1.51. The molecule has 0 aliphatic rings. The Morgan fingerprint density at radius 3 is 2.67 bits per heavy atom. The van der Waals surface area contributed by atoms with Gasteiger partial charge in [0.1, 0.15) is 12.4 Å². The number of carbonyl (C=O) groups is 1. The molecule has 4 heteroatoms. The van der Waals surface area contributed by atoms with Gasteiger partial charge in [-0.2, -0.15) is 0 Å². The van der Waals surface area contributed by atoms with Crippen LogP contribution in [0.2, 0.25) is 5.02 Å². The molecule has 2 rings (SSSR count). The summed E-state index contributed by atoms with van der Waals surface area (Å²) in [5.74, 6) is -0.632. The molecule has 2 aromatic carbocycles. The number of rotatable bonds is 4. The summed E-state index contributed by atoms with van der Waals surface area (Å²) >= 11 is 5.94. The molecule has 0 atom stereocenters. The molecule has 0 N–H and O–H groups in total. The number of para-hydroxylation sites is 1. The minimum absolute atomic E-state index is 0.134. The molecule has 0 aliphatic heterocycles. The lowest BCUT2D eigenvalue weighted by atomic mass is 10.1. The van der Waals surface area contributed by atoms with Crippen LogP contribution in [-0.4, -0.2) is 5.97 Å². The van der Waals surface area contributed by atoms with E-state index in [9.17, 15) is 9.90 Å². The van der Waals surface area contributed by atoms with Crippen LogP contribution in [-0.2, 0) is 6.61 Å². The van der Waals surface area contributed by atoms with Crippen molar-refractivity contribution in [3.8, 4) is 5.75 Å². The third kappa shape index (κ3) is 3.02. The molecule has 0 saturated carbocycles. The van der Waals surface area contributed by atoms with E-state index in [0.29, 0.717) is 10.8 Å². The summed E-state index contributed by atoms with van der Waals surface area (Å²) in [5, 5.41) is 11.2.